The van der Waals surface area contributed by atoms with Crippen LogP contribution in [0.3, 0.4) is 0 Å². The van der Waals surface area contributed by atoms with Gasteiger partial charge in [-0.05, 0) is 126 Å². The number of benzene rings is 2. The summed E-state index contributed by atoms with van der Waals surface area (Å²) >= 11 is 0. The van der Waals surface area contributed by atoms with Crippen molar-refractivity contribution in [2.24, 2.45) is 27.5 Å². The van der Waals surface area contributed by atoms with Gasteiger partial charge in [-0.15, -0.1) is 0 Å². The molecule has 2 aromatic carbocycles. The molecule has 10 nitrogen and oxygen atoms in total. The first-order valence-corrected chi connectivity index (χ1v) is 26.5. The Hall–Kier alpha value is -3.09. The number of carbonyl (C=O) groups is 2. The maximum atomic E-state index is 14.3. The van der Waals surface area contributed by atoms with E-state index in [9.17, 15) is 19.8 Å². The van der Waals surface area contributed by atoms with Gasteiger partial charge in [0.15, 0.2) is 17.5 Å². The summed E-state index contributed by atoms with van der Waals surface area (Å²) in [5, 5.41) is 27.2. The van der Waals surface area contributed by atoms with Crippen LogP contribution in [0, 0.1) is 16.7 Å². The third-order valence-electron chi connectivity index (χ3n) is 15.5. The molecule has 1 amide bonds. The molecule has 1 saturated heterocycles. The van der Waals surface area contributed by atoms with Gasteiger partial charge in [-0.2, -0.15) is 0 Å². The number of guanidine groups is 1. The summed E-state index contributed by atoms with van der Waals surface area (Å²) in [6, 6.07) is 12.5. The lowest BCUT2D eigenvalue weighted by Gasteiger charge is -2.44. The van der Waals surface area contributed by atoms with Gasteiger partial charge in [0, 0.05) is 67.1 Å². The number of aliphatic hydroxyl groups is 1. The highest BCUT2D eigenvalue weighted by atomic mass is 33.1. The first-order valence-electron chi connectivity index (χ1n) is 24.1. The van der Waals surface area contributed by atoms with Crippen LogP contribution in [0.15, 0.2) is 41.4 Å². The third kappa shape index (κ3) is 10.5. The van der Waals surface area contributed by atoms with E-state index in [-0.39, 0.29) is 46.0 Å². The lowest BCUT2D eigenvalue weighted by molar-refractivity contribution is -0.148. The van der Waals surface area contributed by atoms with Crippen LogP contribution in [-0.4, -0.2) is 75.0 Å². The number of hydrogen-bond donors (Lipinski definition) is 4. The second-order valence-corrected chi connectivity index (χ2v) is 22.6. The van der Waals surface area contributed by atoms with Gasteiger partial charge in [0.05, 0.1) is 6.10 Å². The number of aromatic hydroxyl groups is 1. The summed E-state index contributed by atoms with van der Waals surface area (Å²) < 4.78 is 12.6. The number of esters is 1. The molecule has 6 aliphatic rings. The van der Waals surface area contributed by atoms with E-state index in [0.29, 0.717) is 74.8 Å². The minimum Gasteiger partial charge on any atom is -0.504 e. The Labute approximate surface area is 378 Å². The standard InChI is InChI=1S/C50H72N4O6S2/c1-35(55)59-41-20-18-38-29-39(45(58)46-42(38)21-19-37-15-11-17-43(37)60-46)33-54-34-48(32-44(54)57,31-36-13-5-4-6-14-36)26-27-52-47(51)53-50(25-12-24-49(50)22-8-9-23-49)62-61-28-10-3-2-7-16-40(56)30-41/h4-6,13-14,29,37,40-41,43,56,58H,2-3,7-12,15-28,30-34H2,1H3,(H3,51,52,53)/t37-,40-,41+,43-,48+,50+/m0/s1. The Kier molecular flexibility index (Phi) is 15.0. The quantitative estimate of drug-likeness (QED) is 0.174. The van der Waals surface area contributed by atoms with Gasteiger partial charge in [-0.3, -0.25) is 14.6 Å². The van der Waals surface area contributed by atoms with Gasteiger partial charge >= 0.3 is 5.97 Å². The van der Waals surface area contributed by atoms with Crippen LogP contribution in [0.1, 0.15) is 158 Å². The summed E-state index contributed by atoms with van der Waals surface area (Å²) in [6.07, 6.45) is 21.0. The third-order valence-corrected chi connectivity index (χ3v) is 18.8. The maximum absolute atomic E-state index is 14.3. The Bertz CT molecular complexity index is 1890. The number of nitrogens with zero attached hydrogens (tertiary/aromatic N) is 2. The summed E-state index contributed by atoms with van der Waals surface area (Å²) in [6.45, 7) is 2.79. The van der Waals surface area contributed by atoms with E-state index in [1.165, 1.54) is 51.0 Å². The largest absolute Gasteiger partial charge is 0.504 e. The number of phenolic OH excluding ortho intramolecular Hbond substituents is 1. The van der Waals surface area contributed by atoms with Crippen LogP contribution in [-0.2, 0) is 40.1 Å². The van der Waals surface area contributed by atoms with Crippen molar-refractivity contribution in [3.8, 4) is 11.5 Å². The number of aliphatic imine (C=N–C) groups is 1. The van der Waals surface area contributed by atoms with Crippen molar-refractivity contribution in [2.45, 2.75) is 184 Å². The van der Waals surface area contributed by atoms with Crippen molar-refractivity contribution in [2.75, 3.05) is 18.8 Å². The van der Waals surface area contributed by atoms with Crippen LogP contribution in [0.2, 0.25) is 0 Å². The second kappa shape index (κ2) is 20.4. The summed E-state index contributed by atoms with van der Waals surface area (Å²) in [4.78, 5) is 33.4. The number of carbonyl (C=O) groups excluding carboxylic acids is 2. The van der Waals surface area contributed by atoms with Gasteiger partial charge in [0.1, 0.15) is 17.1 Å². The van der Waals surface area contributed by atoms with E-state index < -0.39 is 12.2 Å². The first kappa shape index (κ1) is 45.5. The molecular weight excluding hydrogens is 817 g/mol. The van der Waals surface area contributed by atoms with Crippen LogP contribution >= 0.6 is 21.6 Å². The van der Waals surface area contributed by atoms with Crippen LogP contribution < -0.4 is 15.8 Å². The van der Waals surface area contributed by atoms with Crippen molar-refractivity contribution in [3.05, 3.63) is 58.7 Å². The Balaban J connectivity index is 1.10. The molecule has 62 heavy (non-hydrogen) atoms. The number of aliphatic hydroxyl groups excluding tert-OH is 1. The molecule has 8 rings (SSSR count). The minimum atomic E-state index is -0.557. The zero-order chi connectivity index (χ0) is 43.2. The summed E-state index contributed by atoms with van der Waals surface area (Å²) in [5.74, 6) is 2.49. The molecule has 4 fully saturated rings. The fraction of sp³-hybridized carbons (Fsp3) is 0.700. The van der Waals surface area contributed by atoms with Gasteiger partial charge in [0.25, 0.3) is 0 Å². The highest BCUT2D eigenvalue weighted by molar-refractivity contribution is 8.77. The maximum Gasteiger partial charge on any atom is 0.302 e. The normalized spacial score (nSPS) is 31.4. The molecule has 3 saturated carbocycles. The van der Waals surface area contributed by atoms with E-state index in [1.54, 1.807) is 0 Å². The Morgan fingerprint density at radius 2 is 1.76 bits per heavy atom. The second-order valence-electron chi connectivity index (χ2n) is 19.9. The first-order chi connectivity index (χ1) is 30.0. The lowest BCUT2D eigenvalue weighted by Crippen LogP contribution is -2.55. The Morgan fingerprint density at radius 1 is 0.952 bits per heavy atom. The average molecular weight is 889 g/mol. The van der Waals surface area contributed by atoms with Crippen molar-refractivity contribution in [3.63, 3.8) is 0 Å². The molecule has 2 spiro atoms. The van der Waals surface area contributed by atoms with Crippen LogP contribution in [0.4, 0.5) is 0 Å². The molecule has 6 atom stereocenters. The topological polar surface area (TPSA) is 147 Å². The fourth-order valence-electron chi connectivity index (χ4n) is 12.3. The molecule has 12 heteroatoms. The number of ether oxygens (including phenoxy) is 2. The smallest absolute Gasteiger partial charge is 0.302 e. The zero-order valence-electron chi connectivity index (χ0n) is 37.2. The number of nitrogens with two attached hydrogens (primary N) is 1. The van der Waals surface area contributed by atoms with Crippen molar-refractivity contribution in [1.82, 2.24) is 10.2 Å². The van der Waals surface area contributed by atoms with Crippen LogP contribution in [0.5, 0.6) is 11.5 Å². The average Bonchev–Trinajstić information content (AvgIpc) is 4.02. The van der Waals surface area contributed by atoms with E-state index in [4.69, 9.17) is 20.2 Å². The predicted octanol–water partition coefficient (Wildman–Crippen LogP) is 9.54. The number of phenols is 1. The highest BCUT2D eigenvalue weighted by Crippen LogP contribution is 2.63. The number of aryl methyl sites for hydroxylation is 1. The van der Waals surface area contributed by atoms with Crippen molar-refractivity contribution in [1.29, 1.82) is 0 Å². The van der Waals surface area contributed by atoms with Crippen LogP contribution in [0.25, 0.3) is 0 Å². The monoisotopic (exact) mass is 888 g/mol. The van der Waals surface area contributed by atoms with E-state index in [0.717, 1.165) is 87.5 Å². The fourth-order valence-corrected chi connectivity index (χ4v) is 15.9. The molecule has 3 heterocycles. The minimum absolute atomic E-state index is 0.0715. The zero-order valence-corrected chi connectivity index (χ0v) is 38.8. The van der Waals surface area contributed by atoms with E-state index in [2.05, 4.69) is 35.6 Å². The van der Waals surface area contributed by atoms with E-state index >= 15 is 0 Å². The van der Waals surface area contributed by atoms with E-state index in [1.807, 2.05) is 32.6 Å². The SMILES string of the molecule is CC(=O)O[C@@H]1CCc2cc(c(O)c3c2CC[C@@H]2CCC[C@@H]2O3)CN2C[C@@](Cc3ccccc3)(CCN=C(N)N[C@]3(CCCC34CCCC4)SSCCCCCC[C@H](O)C1)CC2=O. The molecule has 3 aliphatic carbocycles. The van der Waals surface area contributed by atoms with Gasteiger partial charge < -0.3 is 35.6 Å². The molecule has 0 radical (unpaired) electrons. The number of hydrogen-bond acceptors (Lipinski definition) is 11. The molecule has 0 unspecified atom stereocenters. The number of fused-ring (bicyclic) bond motifs is 8. The molecule has 4 bridgehead atoms. The number of rotatable bonds is 3. The van der Waals surface area contributed by atoms with Crippen molar-refractivity contribution < 1.29 is 29.3 Å². The number of amides is 1. The molecular formula is C50H72N4O6S2. The summed E-state index contributed by atoms with van der Waals surface area (Å²) in [5.41, 5.74) is 10.7. The highest BCUT2D eigenvalue weighted by Gasteiger charge is 2.57. The Morgan fingerprint density at radius 3 is 2.58 bits per heavy atom. The van der Waals surface area contributed by atoms with Crippen molar-refractivity contribution >= 4 is 39.4 Å². The van der Waals surface area contributed by atoms with Gasteiger partial charge in [0.2, 0.25) is 5.91 Å². The number of nitrogens with one attached hydrogen (secondary N) is 1. The molecule has 5 N–H and O–H groups in total. The lowest BCUT2D eigenvalue weighted by atomic mass is 9.78. The molecule has 0 aromatic heterocycles. The molecule has 3 aliphatic heterocycles. The molecule has 2 aromatic rings. The summed E-state index contributed by atoms with van der Waals surface area (Å²) in [7, 11) is 3.98. The van der Waals surface area contributed by atoms with Gasteiger partial charge in [-0.1, -0.05) is 84.0 Å². The molecule has 340 valence electrons. The predicted molar refractivity (Wildman–Crippen MR) is 250 cm³/mol. The van der Waals surface area contributed by atoms with Gasteiger partial charge in [-0.25, -0.2) is 0 Å².